The molecule has 4 aliphatic rings. The highest BCUT2D eigenvalue weighted by Crippen LogP contribution is 2.33. The molecule has 0 radical (unpaired) electrons. The van der Waals surface area contributed by atoms with Crippen molar-refractivity contribution in [1.29, 1.82) is 0 Å². The third-order valence-corrected chi connectivity index (χ3v) is 7.87. The highest BCUT2D eigenvalue weighted by atomic mass is 35.5. The number of nitrogens with two attached hydrogens (primary N) is 1. The van der Waals surface area contributed by atoms with Crippen molar-refractivity contribution in [2.24, 2.45) is 0 Å². The van der Waals surface area contributed by atoms with Crippen LogP contribution in [0.2, 0.25) is 0 Å². The Morgan fingerprint density at radius 1 is 0.755 bits per heavy atom. The second kappa shape index (κ2) is 16.8. The number of anilines is 2. The normalized spacial score (nSPS) is 18.5. The Morgan fingerprint density at radius 2 is 1.23 bits per heavy atom. The standard InChI is InChI=1S/C17H13N3O6.C13H11N3O4.C4H3ClO2/c1-2-8-26-17(25)18-10-5-3-4-9-13(10)16(24)20(15(9)23)11-6-7-12(21)19-14(11)22;14-7-3-1-2-6-10(7)13(20)16(12(6)19)8-4-5-9(17)15-11(8)18;1-2-3-7-4(5)6/h1,3-5,11H,6-8H2,(H,18,25)(H,19,21,22);1-3,8H,4-5,14H2,(H,15,17,18);1H,3H2. The summed E-state index contributed by atoms with van der Waals surface area (Å²) in [7, 11) is 0. The molecule has 272 valence electrons. The number of benzene rings is 2. The molecule has 5 N–H and O–H groups in total. The smallest absolute Gasteiger partial charge is 0.412 e. The number of terminal acetylenes is 2. The molecule has 2 saturated heterocycles. The molecule has 0 aliphatic carbocycles. The van der Waals surface area contributed by atoms with Crippen molar-refractivity contribution < 1.29 is 57.4 Å². The Morgan fingerprint density at radius 3 is 1.68 bits per heavy atom. The van der Waals surface area contributed by atoms with Crippen molar-refractivity contribution in [2.45, 2.75) is 37.8 Å². The van der Waals surface area contributed by atoms with Gasteiger partial charge in [0.25, 0.3) is 23.6 Å². The number of ether oxygens (including phenoxy) is 2. The van der Waals surface area contributed by atoms with Crippen LogP contribution in [0.3, 0.4) is 0 Å². The molecule has 0 aromatic heterocycles. The first kappa shape index (κ1) is 38.7. The van der Waals surface area contributed by atoms with E-state index in [1.807, 2.05) is 0 Å². The van der Waals surface area contributed by atoms with Crippen molar-refractivity contribution in [2.75, 3.05) is 24.3 Å². The molecule has 2 aromatic carbocycles. The molecule has 0 saturated carbocycles. The van der Waals surface area contributed by atoms with E-state index in [4.69, 9.17) is 34.9 Å². The number of hydrogen-bond acceptors (Lipinski definition) is 13. The van der Waals surface area contributed by atoms with Crippen LogP contribution >= 0.6 is 11.6 Å². The molecule has 19 heteroatoms. The Bertz CT molecular complexity index is 2050. The first-order valence-corrected chi connectivity index (χ1v) is 15.7. The minimum atomic E-state index is -1.08. The van der Waals surface area contributed by atoms with Crippen molar-refractivity contribution in [1.82, 2.24) is 20.4 Å². The Balaban J connectivity index is 0.000000205. The molecule has 4 heterocycles. The average molecular weight is 747 g/mol. The fourth-order valence-electron chi connectivity index (χ4n) is 5.51. The topological polar surface area (TPSA) is 258 Å². The van der Waals surface area contributed by atoms with E-state index >= 15 is 0 Å². The van der Waals surface area contributed by atoms with Crippen LogP contribution in [0.25, 0.3) is 0 Å². The van der Waals surface area contributed by atoms with Gasteiger partial charge in [0.05, 0.1) is 27.9 Å². The summed E-state index contributed by atoms with van der Waals surface area (Å²) in [5.41, 5.74) is 5.46. The number of nitrogens with zero attached hydrogens (tertiary/aromatic N) is 2. The van der Waals surface area contributed by atoms with E-state index in [0.29, 0.717) is 0 Å². The predicted molar refractivity (Wildman–Crippen MR) is 180 cm³/mol. The zero-order valence-corrected chi connectivity index (χ0v) is 28.0. The molecule has 6 rings (SSSR count). The van der Waals surface area contributed by atoms with Crippen molar-refractivity contribution in [3.8, 4) is 24.7 Å². The number of halogens is 1. The molecule has 0 bridgehead atoms. The minimum absolute atomic E-state index is 0.0212. The molecular formula is C34H27ClN6O12. The van der Waals surface area contributed by atoms with Gasteiger partial charge in [0.2, 0.25) is 23.6 Å². The van der Waals surface area contributed by atoms with Crippen LogP contribution in [0.5, 0.6) is 0 Å². The number of fused-ring (bicyclic) bond motifs is 2. The average Bonchev–Trinajstić information content (AvgIpc) is 3.52. The number of carbonyl (C=O) groups is 10. The van der Waals surface area contributed by atoms with Crippen LogP contribution in [-0.4, -0.2) is 93.9 Å². The maximum absolute atomic E-state index is 12.8. The molecule has 2 atom stereocenters. The molecular weight excluding hydrogens is 720 g/mol. The van der Waals surface area contributed by atoms with Gasteiger partial charge in [-0.05, 0) is 37.1 Å². The van der Waals surface area contributed by atoms with Crippen molar-refractivity contribution in [3.63, 3.8) is 0 Å². The minimum Gasteiger partial charge on any atom is -0.441 e. The van der Waals surface area contributed by atoms with Crippen LogP contribution in [0.15, 0.2) is 36.4 Å². The maximum Gasteiger partial charge on any atom is 0.412 e. The number of hydrogen-bond donors (Lipinski definition) is 4. The van der Waals surface area contributed by atoms with E-state index in [9.17, 15) is 47.9 Å². The fourth-order valence-corrected chi connectivity index (χ4v) is 5.57. The summed E-state index contributed by atoms with van der Waals surface area (Å²) < 4.78 is 8.77. The van der Waals surface area contributed by atoms with Gasteiger partial charge in [-0.15, -0.1) is 12.8 Å². The fraction of sp³-hybridized carbons (Fsp3) is 0.235. The number of rotatable bonds is 5. The summed E-state index contributed by atoms with van der Waals surface area (Å²) in [6.45, 7) is -0.307. The number of nitrogens with one attached hydrogen (secondary N) is 3. The van der Waals surface area contributed by atoms with E-state index in [-0.39, 0.29) is 72.5 Å². The molecule has 4 aliphatic heterocycles. The highest BCUT2D eigenvalue weighted by molar-refractivity contribution is 6.61. The van der Waals surface area contributed by atoms with E-state index < -0.39 is 70.9 Å². The molecule has 9 amide bonds. The lowest BCUT2D eigenvalue weighted by molar-refractivity contribution is -0.137. The molecule has 53 heavy (non-hydrogen) atoms. The van der Waals surface area contributed by atoms with Gasteiger partial charge in [-0.1, -0.05) is 24.0 Å². The van der Waals surface area contributed by atoms with Crippen molar-refractivity contribution in [3.05, 3.63) is 58.7 Å². The van der Waals surface area contributed by atoms with Crippen LogP contribution in [0.1, 0.15) is 67.1 Å². The lowest BCUT2D eigenvalue weighted by Crippen LogP contribution is -2.54. The Labute approximate surface area is 304 Å². The van der Waals surface area contributed by atoms with Gasteiger partial charge in [0, 0.05) is 30.1 Å². The lowest BCUT2D eigenvalue weighted by atomic mass is 10.0. The lowest BCUT2D eigenvalue weighted by Gasteiger charge is -2.27. The first-order chi connectivity index (χ1) is 25.2. The third kappa shape index (κ3) is 8.47. The zero-order chi connectivity index (χ0) is 39.0. The molecule has 2 aromatic rings. The van der Waals surface area contributed by atoms with Crippen LogP contribution in [-0.2, 0) is 28.7 Å². The maximum atomic E-state index is 12.8. The summed E-state index contributed by atoms with van der Waals surface area (Å²) in [5.74, 6) is -0.530. The molecule has 18 nitrogen and oxygen atoms in total. The molecule has 2 unspecified atom stereocenters. The number of amides is 9. The van der Waals surface area contributed by atoms with Gasteiger partial charge in [0.15, 0.2) is 13.2 Å². The summed E-state index contributed by atoms with van der Waals surface area (Å²) >= 11 is 4.70. The van der Waals surface area contributed by atoms with Gasteiger partial charge in [0.1, 0.15) is 12.1 Å². The zero-order valence-electron chi connectivity index (χ0n) is 27.3. The van der Waals surface area contributed by atoms with Gasteiger partial charge >= 0.3 is 11.5 Å². The van der Waals surface area contributed by atoms with Crippen LogP contribution < -0.4 is 21.7 Å². The first-order valence-electron chi connectivity index (χ1n) is 15.3. The number of carbonyl (C=O) groups excluding carboxylic acids is 10. The van der Waals surface area contributed by atoms with Gasteiger partial charge in [-0.2, -0.15) is 0 Å². The highest BCUT2D eigenvalue weighted by Gasteiger charge is 2.47. The SMILES string of the molecule is C#CCOC(=O)Cl.C#CCOC(=O)Nc1cccc2c1C(=O)N(C1CCC(=O)NC1=O)C2=O.Nc1cccc2c1C(=O)N(C1CCC(=O)NC1=O)C2=O. The Kier molecular flexibility index (Phi) is 12.3. The van der Waals surface area contributed by atoms with E-state index in [1.165, 1.54) is 30.3 Å². The Hall–Kier alpha value is -7.05. The van der Waals surface area contributed by atoms with Gasteiger partial charge < -0.3 is 15.2 Å². The van der Waals surface area contributed by atoms with Gasteiger partial charge in [-0.3, -0.25) is 64.1 Å². The summed E-state index contributed by atoms with van der Waals surface area (Å²) in [5, 5.41) is 6.60. The number of piperidine rings is 2. The number of imide groups is 4. The van der Waals surface area contributed by atoms with E-state index in [2.05, 4.69) is 32.5 Å². The number of nitrogen functional groups attached to an aromatic ring is 1. The molecule has 0 spiro atoms. The van der Waals surface area contributed by atoms with E-state index in [0.717, 1.165) is 9.80 Å². The van der Waals surface area contributed by atoms with Gasteiger partial charge in [-0.25, -0.2) is 9.59 Å². The third-order valence-electron chi connectivity index (χ3n) is 7.76. The largest absolute Gasteiger partial charge is 0.441 e. The quantitative estimate of drug-likeness (QED) is 0.144. The second-order valence-corrected chi connectivity index (χ2v) is 11.3. The van der Waals surface area contributed by atoms with E-state index in [1.54, 1.807) is 6.07 Å². The summed E-state index contributed by atoms with van der Waals surface area (Å²) in [4.78, 5) is 119. The van der Waals surface area contributed by atoms with Crippen LogP contribution in [0, 0.1) is 24.7 Å². The van der Waals surface area contributed by atoms with Crippen molar-refractivity contribution >= 4 is 81.8 Å². The van der Waals surface area contributed by atoms with Crippen LogP contribution in [0.4, 0.5) is 21.0 Å². The monoisotopic (exact) mass is 746 g/mol. The summed E-state index contributed by atoms with van der Waals surface area (Å²) in [6.07, 6.45) is 9.11. The predicted octanol–water partition coefficient (Wildman–Crippen LogP) is 0.935. The summed E-state index contributed by atoms with van der Waals surface area (Å²) in [6, 6.07) is 6.88. The second-order valence-electron chi connectivity index (χ2n) is 11.0. The molecule has 2 fully saturated rings.